The van der Waals surface area contributed by atoms with Gasteiger partial charge in [-0.15, -0.1) is 0 Å². The normalized spacial score (nSPS) is 11.4. The zero-order chi connectivity index (χ0) is 17.4. The van der Waals surface area contributed by atoms with Crippen molar-refractivity contribution in [3.63, 3.8) is 0 Å². The Labute approximate surface area is 140 Å². The number of carbonyl (C=O) groups is 2. The highest BCUT2D eigenvalue weighted by Crippen LogP contribution is 2.21. The number of carbonyl (C=O) groups excluding carboxylic acids is 2. The number of aliphatic hydroxyl groups excluding tert-OH is 1. The van der Waals surface area contributed by atoms with Crippen molar-refractivity contribution in [2.24, 2.45) is 0 Å². The van der Waals surface area contributed by atoms with Gasteiger partial charge in [-0.3, -0.25) is 4.79 Å². The molecule has 1 atom stereocenters. The van der Waals surface area contributed by atoms with E-state index in [1.165, 1.54) is 0 Å². The molecule has 2 aromatic rings. The van der Waals surface area contributed by atoms with Gasteiger partial charge in [-0.2, -0.15) is 0 Å². The van der Waals surface area contributed by atoms with Crippen LogP contribution in [0.15, 0.2) is 67.3 Å². The molecule has 0 spiro atoms. The van der Waals surface area contributed by atoms with Crippen molar-refractivity contribution >= 4 is 11.8 Å². The molecule has 0 fully saturated rings. The van der Waals surface area contributed by atoms with Gasteiger partial charge in [0, 0.05) is 11.6 Å². The lowest BCUT2D eigenvalue weighted by Crippen LogP contribution is -2.12. The molecule has 0 saturated carbocycles. The van der Waals surface area contributed by atoms with Gasteiger partial charge in [-0.1, -0.05) is 49.0 Å². The van der Waals surface area contributed by atoms with Crippen LogP contribution in [-0.2, 0) is 9.53 Å². The highest BCUT2D eigenvalue weighted by atomic mass is 16.6. The summed E-state index contributed by atoms with van der Waals surface area (Å²) >= 11 is 0. The van der Waals surface area contributed by atoms with Crippen molar-refractivity contribution in [1.82, 2.24) is 0 Å². The van der Waals surface area contributed by atoms with E-state index in [1.807, 2.05) is 6.07 Å². The Morgan fingerprint density at radius 3 is 2.33 bits per heavy atom. The molecule has 0 radical (unpaired) electrons. The van der Waals surface area contributed by atoms with Gasteiger partial charge < -0.3 is 14.6 Å². The number of hydrogen-bond acceptors (Lipinski definition) is 5. The van der Waals surface area contributed by atoms with E-state index in [4.69, 9.17) is 9.47 Å². The highest BCUT2D eigenvalue weighted by molar-refractivity contribution is 5.99. The molecule has 0 aromatic heterocycles. The largest absolute Gasteiger partial charge is 0.490 e. The van der Waals surface area contributed by atoms with Gasteiger partial charge in [0.05, 0.1) is 0 Å². The lowest BCUT2D eigenvalue weighted by atomic mass is 10.00. The molecular formula is C19H18O5. The van der Waals surface area contributed by atoms with E-state index in [0.29, 0.717) is 16.9 Å². The van der Waals surface area contributed by atoms with E-state index >= 15 is 0 Å². The summed E-state index contributed by atoms with van der Waals surface area (Å²) in [5, 5.41) is 10.2. The Balaban J connectivity index is 1.90. The molecule has 0 aliphatic carbocycles. The summed E-state index contributed by atoms with van der Waals surface area (Å²) in [4.78, 5) is 23.1. The maximum Gasteiger partial charge on any atom is 0.330 e. The zero-order valence-corrected chi connectivity index (χ0v) is 13.1. The molecule has 124 valence electrons. The Kier molecular flexibility index (Phi) is 6.28. The van der Waals surface area contributed by atoms with Gasteiger partial charge in [-0.05, 0) is 17.7 Å². The van der Waals surface area contributed by atoms with Gasteiger partial charge in [0.2, 0.25) is 0 Å². The molecule has 0 aliphatic heterocycles. The molecule has 24 heavy (non-hydrogen) atoms. The topological polar surface area (TPSA) is 72.8 Å². The average molecular weight is 326 g/mol. The summed E-state index contributed by atoms with van der Waals surface area (Å²) in [6, 6.07) is 15.2. The predicted octanol–water partition coefficient (Wildman–Crippen LogP) is 2.71. The highest BCUT2D eigenvalue weighted by Gasteiger charge is 2.18. The summed E-state index contributed by atoms with van der Waals surface area (Å²) in [5.74, 6) is -0.315. The molecular weight excluding hydrogens is 308 g/mol. The van der Waals surface area contributed by atoms with E-state index in [1.54, 1.807) is 48.5 Å². The monoisotopic (exact) mass is 326 g/mol. The summed E-state index contributed by atoms with van der Waals surface area (Å²) in [6.45, 7) is 3.60. The third kappa shape index (κ3) is 4.79. The Morgan fingerprint density at radius 1 is 1.04 bits per heavy atom. The third-order valence-electron chi connectivity index (χ3n) is 3.27. The van der Waals surface area contributed by atoms with E-state index in [0.717, 1.165) is 6.08 Å². The molecule has 0 amide bonds. The number of Topliss-reactive ketones (excluding diaryl/α,β-unsaturated/α-hetero) is 1. The van der Waals surface area contributed by atoms with E-state index < -0.39 is 12.1 Å². The fraction of sp³-hybridized carbons (Fsp3) is 0.158. The number of aliphatic hydroxyl groups is 1. The van der Waals surface area contributed by atoms with Crippen molar-refractivity contribution in [1.29, 1.82) is 0 Å². The van der Waals surface area contributed by atoms with Crippen LogP contribution in [0.25, 0.3) is 0 Å². The minimum Gasteiger partial charge on any atom is -0.490 e. The first-order valence-electron chi connectivity index (χ1n) is 7.41. The van der Waals surface area contributed by atoms with Crippen molar-refractivity contribution < 1.29 is 24.2 Å². The van der Waals surface area contributed by atoms with Gasteiger partial charge in [-0.25, -0.2) is 4.79 Å². The maximum atomic E-state index is 12.2. The minimum absolute atomic E-state index is 0.113. The predicted molar refractivity (Wildman–Crippen MR) is 88.8 cm³/mol. The molecule has 5 nitrogen and oxygen atoms in total. The maximum absolute atomic E-state index is 12.2. The average Bonchev–Trinajstić information content (AvgIpc) is 2.65. The molecule has 1 N–H and O–H groups in total. The fourth-order valence-electron chi connectivity index (χ4n) is 2.02. The summed E-state index contributed by atoms with van der Waals surface area (Å²) < 4.78 is 10.2. The quantitative estimate of drug-likeness (QED) is 0.349. The second kappa shape index (κ2) is 8.64. The Morgan fingerprint density at radius 2 is 1.71 bits per heavy atom. The number of benzene rings is 2. The van der Waals surface area contributed by atoms with Crippen molar-refractivity contribution in [3.8, 4) is 5.75 Å². The van der Waals surface area contributed by atoms with Crippen LogP contribution in [0.2, 0.25) is 0 Å². The van der Waals surface area contributed by atoms with Crippen LogP contribution >= 0.6 is 0 Å². The lowest BCUT2D eigenvalue weighted by molar-refractivity contribution is -0.138. The number of rotatable bonds is 8. The standard InChI is InChI=1S/C19H18O5/c1-2-17(20)24-13-12-23-16-10-8-15(9-11-16)19(22)18(21)14-6-4-3-5-7-14/h2-11,19,22H,1,12-13H2. The zero-order valence-electron chi connectivity index (χ0n) is 13.1. The number of hydrogen-bond donors (Lipinski definition) is 1. The molecule has 0 bridgehead atoms. The van der Waals surface area contributed by atoms with Crippen LogP contribution < -0.4 is 4.74 Å². The second-order valence-corrected chi connectivity index (χ2v) is 4.92. The SMILES string of the molecule is C=CC(=O)OCCOc1ccc(C(O)C(=O)c2ccccc2)cc1. The van der Waals surface area contributed by atoms with Crippen LogP contribution in [0.5, 0.6) is 5.75 Å². The van der Waals surface area contributed by atoms with Gasteiger partial charge in [0.15, 0.2) is 5.78 Å². The van der Waals surface area contributed by atoms with E-state index in [2.05, 4.69) is 6.58 Å². The molecule has 2 rings (SSSR count). The first kappa shape index (κ1) is 17.4. The van der Waals surface area contributed by atoms with Crippen molar-refractivity contribution in [2.75, 3.05) is 13.2 Å². The number of ether oxygens (including phenoxy) is 2. The lowest BCUT2D eigenvalue weighted by Gasteiger charge is -2.11. The molecule has 2 aromatic carbocycles. The van der Waals surface area contributed by atoms with Gasteiger partial charge in [0.1, 0.15) is 25.1 Å². The Bertz CT molecular complexity index is 691. The molecule has 0 aliphatic rings. The summed E-state index contributed by atoms with van der Waals surface area (Å²) in [7, 11) is 0. The van der Waals surface area contributed by atoms with E-state index in [-0.39, 0.29) is 19.0 Å². The smallest absolute Gasteiger partial charge is 0.330 e. The summed E-state index contributed by atoms with van der Waals surface area (Å²) in [5.41, 5.74) is 0.934. The molecule has 1 unspecified atom stereocenters. The first-order chi connectivity index (χ1) is 11.6. The molecule has 0 heterocycles. The van der Waals surface area contributed by atoms with Crippen LogP contribution in [0, 0.1) is 0 Å². The van der Waals surface area contributed by atoms with Crippen LogP contribution in [0.4, 0.5) is 0 Å². The number of ketones is 1. The fourth-order valence-corrected chi connectivity index (χ4v) is 2.02. The summed E-state index contributed by atoms with van der Waals surface area (Å²) in [6.07, 6.45) is -0.144. The van der Waals surface area contributed by atoms with Gasteiger partial charge >= 0.3 is 5.97 Å². The van der Waals surface area contributed by atoms with Crippen LogP contribution in [0.3, 0.4) is 0 Å². The van der Waals surface area contributed by atoms with Crippen molar-refractivity contribution in [2.45, 2.75) is 6.10 Å². The van der Waals surface area contributed by atoms with Gasteiger partial charge in [0.25, 0.3) is 0 Å². The first-order valence-corrected chi connectivity index (χ1v) is 7.41. The number of esters is 1. The molecule has 5 heteroatoms. The van der Waals surface area contributed by atoms with Crippen LogP contribution in [0.1, 0.15) is 22.0 Å². The van der Waals surface area contributed by atoms with Crippen molar-refractivity contribution in [3.05, 3.63) is 78.4 Å². The van der Waals surface area contributed by atoms with Crippen LogP contribution in [-0.4, -0.2) is 30.1 Å². The third-order valence-corrected chi connectivity index (χ3v) is 3.27. The van der Waals surface area contributed by atoms with E-state index in [9.17, 15) is 14.7 Å². The molecule has 0 saturated heterocycles. The second-order valence-electron chi connectivity index (χ2n) is 4.92. The minimum atomic E-state index is -1.23. The Hall–Kier alpha value is -2.92.